The fraction of sp³-hybridized carbons (Fsp3) is 0.800. The molecule has 0 aliphatic rings. The second-order valence-electron chi connectivity index (χ2n) is 1.21. The third-order valence-electron chi connectivity index (χ3n) is 0.604. The maximum absolute atomic E-state index is 3.68. The van der Waals surface area contributed by atoms with E-state index in [1.165, 1.54) is 12.8 Å². The van der Waals surface area contributed by atoms with E-state index in [1.807, 2.05) is 19.0 Å². The van der Waals surface area contributed by atoms with Gasteiger partial charge in [-0.05, 0) is 0 Å². The van der Waals surface area contributed by atoms with Crippen LogP contribution < -0.4 is 0 Å². The maximum Gasteiger partial charge on any atom is -0.0533 e. The van der Waals surface area contributed by atoms with Crippen molar-refractivity contribution in [3.05, 3.63) is 6.92 Å². The van der Waals surface area contributed by atoms with Crippen LogP contribution in [0.15, 0.2) is 0 Å². The summed E-state index contributed by atoms with van der Waals surface area (Å²) in [5.74, 6) is 0. The predicted molar refractivity (Wildman–Crippen MR) is 38.9 cm³/mol. The summed E-state index contributed by atoms with van der Waals surface area (Å²) in [6, 6.07) is 0. The first-order valence-corrected chi connectivity index (χ1v) is 6.73. The molecular formula is C5H11AgI. The number of rotatable bonds is 2. The summed E-state index contributed by atoms with van der Waals surface area (Å²) in [4.78, 5) is 0. The molecule has 0 saturated carbocycles. The summed E-state index contributed by atoms with van der Waals surface area (Å²) in [6.07, 6.45) is 3.65. The van der Waals surface area contributed by atoms with Crippen molar-refractivity contribution in [2.45, 2.75) is 26.2 Å². The van der Waals surface area contributed by atoms with Gasteiger partial charge in [0.1, 0.15) is 0 Å². The number of unbranched alkanes of at least 4 members (excludes halogenated alkanes) is 2. The van der Waals surface area contributed by atoms with Gasteiger partial charge in [-0.3, -0.25) is 0 Å². The summed E-state index contributed by atoms with van der Waals surface area (Å²) in [6.45, 7) is 5.85. The van der Waals surface area contributed by atoms with Crippen LogP contribution in [-0.4, -0.2) is 0 Å². The summed E-state index contributed by atoms with van der Waals surface area (Å²) in [7, 11) is 0. The Morgan fingerprint density at radius 3 is 2.00 bits per heavy atom. The van der Waals surface area contributed by atoms with Gasteiger partial charge in [-0.1, -0.05) is 33.1 Å². The van der Waals surface area contributed by atoms with Crippen molar-refractivity contribution in [2.75, 3.05) is 0 Å². The van der Waals surface area contributed by atoms with Gasteiger partial charge >= 0.3 is 36.3 Å². The van der Waals surface area contributed by atoms with E-state index >= 15 is 0 Å². The van der Waals surface area contributed by atoms with Crippen molar-refractivity contribution in [2.24, 2.45) is 0 Å². The number of hydrogen-bond acceptors (Lipinski definition) is 0. The van der Waals surface area contributed by atoms with E-state index in [0.717, 1.165) is 6.42 Å². The van der Waals surface area contributed by atoms with E-state index in [-0.39, 0.29) is 0 Å². The second kappa shape index (κ2) is 15.6. The van der Waals surface area contributed by atoms with Gasteiger partial charge in [0, 0.05) is 0 Å². The van der Waals surface area contributed by atoms with Crippen LogP contribution in [0.4, 0.5) is 0 Å². The molecule has 0 heterocycles. The smallest absolute Gasteiger partial charge is 0.0533 e. The molecule has 49 valence electrons. The summed E-state index contributed by atoms with van der Waals surface area (Å²) >= 11 is 4.88. The molecule has 0 nitrogen and oxygen atoms in total. The number of hydrogen-bond donors (Lipinski definition) is 0. The molecular weight excluding hydrogens is 295 g/mol. The molecule has 0 aromatic carbocycles. The van der Waals surface area contributed by atoms with Crippen LogP contribution in [0.2, 0.25) is 0 Å². The van der Waals surface area contributed by atoms with Gasteiger partial charge < -0.3 is 0 Å². The van der Waals surface area contributed by atoms with E-state index < -0.39 is 0 Å². The average molecular weight is 306 g/mol. The topological polar surface area (TPSA) is 0 Å². The Bertz CT molecular complexity index is 15.6. The zero-order valence-electron chi connectivity index (χ0n) is 4.51. The molecule has 0 spiro atoms. The SMILES string of the molecule is [Ag][I].[CH2]CCCC. The summed E-state index contributed by atoms with van der Waals surface area (Å²) in [5.41, 5.74) is 0. The van der Waals surface area contributed by atoms with E-state index in [1.54, 1.807) is 0 Å². The normalized spacial score (nSPS) is 7.00. The molecule has 0 aliphatic heterocycles. The van der Waals surface area contributed by atoms with Crippen molar-refractivity contribution in [1.82, 2.24) is 0 Å². The van der Waals surface area contributed by atoms with Crippen LogP contribution in [-0.2, 0) is 17.3 Å². The molecule has 0 aromatic rings. The Balaban J connectivity index is 0. The standard InChI is InChI=1S/C5H11.Ag.HI/c1-3-5-4-2;;/h1,3-5H2,2H3;;1H/q;+1;/p-1. The minimum atomic E-state index is 1.09. The fourth-order valence-electron chi connectivity index (χ4n) is 0.250. The molecule has 2 heteroatoms. The summed E-state index contributed by atoms with van der Waals surface area (Å²) < 4.78 is 0. The van der Waals surface area contributed by atoms with Crippen molar-refractivity contribution < 1.29 is 17.3 Å². The third kappa shape index (κ3) is 18.6. The Morgan fingerprint density at radius 2 is 2.00 bits per heavy atom. The van der Waals surface area contributed by atoms with Gasteiger partial charge in [0.2, 0.25) is 0 Å². The van der Waals surface area contributed by atoms with Gasteiger partial charge in [-0.2, -0.15) is 0 Å². The summed E-state index contributed by atoms with van der Waals surface area (Å²) in [5, 5.41) is 0. The van der Waals surface area contributed by atoms with Gasteiger partial charge in [-0.25, -0.2) is 0 Å². The minimum Gasteiger partial charge on any atom is -0.0654 e. The molecule has 0 unspecified atom stereocenters. The van der Waals surface area contributed by atoms with Gasteiger partial charge in [0.25, 0.3) is 0 Å². The van der Waals surface area contributed by atoms with Gasteiger partial charge in [0.05, 0.1) is 0 Å². The van der Waals surface area contributed by atoms with E-state index in [9.17, 15) is 0 Å². The zero-order chi connectivity index (χ0) is 6.12. The van der Waals surface area contributed by atoms with Crippen molar-refractivity contribution >= 4 is 19.0 Å². The molecule has 0 N–H and O–H groups in total. The molecule has 7 heavy (non-hydrogen) atoms. The second-order valence-corrected chi connectivity index (χ2v) is 1.21. The molecule has 0 atom stereocenters. The maximum atomic E-state index is 3.68. The van der Waals surface area contributed by atoms with Crippen molar-refractivity contribution in [1.29, 1.82) is 0 Å². The van der Waals surface area contributed by atoms with Crippen LogP contribution in [0.25, 0.3) is 0 Å². The molecule has 0 aliphatic carbocycles. The Labute approximate surface area is 68.9 Å². The van der Waals surface area contributed by atoms with Crippen LogP contribution in [0.5, 0.6) is 0 Å². The quantitative estimate of drug-likeness (QED) is 0.543. The molecule has 0 bridgehead atoms. The van der Waals surface area contributed by atoms with Crippen LogP contribution >= 0.6 is 19.0 Å². The molecule has 0 saturated heterocycles. The molecule has 0 amide bonds. The molecule has 0 rings (SSSR count). The van der Waals surface area contributed by atoms with E-state index in [0.29, 0.717) is 0 Å². The Morgan fingerprint density at radius 1 is 1.57 bits per heavy atom. The largest absolute Gasteiger partial charge is 0.0654 e. The minimum absolute atomic E-state index is 1.09. The van der Waals surface area contributed by atoms with Crippen LogP contribution in [0, 0.1) is 6.92 Å². The third-order valence-corrected chi connectivity index (χ3v) is 0.604. The van der Waals surface area contributed by atoms with Gasteiger partial charge in [0.15, 0.2) is 0 Å². The fourth-order valence-corrected chi connectivity index (χ4v) is 0.250. The zero-order valence-corrected chi connectivity index (χ0v) is 8.15. The molecule has 1 radical (unpaired) electrons. The van der Waals surface area contributed by atoms with Crippen LogP contribution in [0.1, 0.15) is 26.2 Å². The van der Waals surface area contributed by atoms with Crippen molar-refractivity contribution in [3.63, 3.8) is 0 Å². The average Bonchev–Trinajstić information content (AvgIpc) is 1.75. The predicted octanol–water partition coefficient (Wildman–Crippen LogP) is 2.89. The van der Waals surface area contributed by atoms with Crippen molar-refractivity contribution in [3.8, 4) is 0 Å². The molecule has 0 fully saturated rings. The first-order valence-electron chi connectivity index (χ1n) is 2.32. The Hall–Kier alpha value is 1.47. The first kappa shape index (κ1) is 11.3. The molecule has 0 aromatic heterocycles. The monoisotopic (exact) mass is 305 g/mol. The Kier molecular flexibility index (Phi) is 25.2. The van der Waals surface area contributed by atoms with E-state index in [4.69, 9.17) is 0 Å². The number of halogens is 1. The van der Waals surface area contributed by atoms with E-state index in [2.05, 4.69) is 31.1 Å². The van der Waals surface area contributed by atoms with Gasteiger partial charge in [-0.15, -0.1) is 0 Å². The van der Waals surface area contributed by atoms with Crippen LogP contribution in [0.3, 0.4) is 0 Å². The first-order chi connectivity index (χ1) is 3.41.